The number of aliphatic hydroxyl groups excluding tert-OH is 1. The minimum Gasteiger partial charge on any atom is -0.391 e. The molecule has 0 radical (unpaired) electrons. The van der Waals surface area contributed by atoms with E-state index in [0.717, 1.165) is 0 Å². The lowest BCUT2D eigenvalue weighted by Gasteiger charge is -2.19. The van der Waals surface area contributed by atoms with Crippen molar-refractivity contribution < 1.29 is 22.7 Å². The Labute approximate surface area is 95.3 Å². The standard InChI is InChI=1S/C11H11F4NO/c12-5-4-6(13)10(15)11(9(5)14)16-7-2-1-3-8(7)17/h4,7-8,16-17H,1-3H2/t7-,8-/m0/s1. The van der Waals surface area contributed by atoms with Crippen molar-refractivity contribution >= 4 is 5.69 Å². The lowest BCUT2D eigenvalue weighted by molar-refractivity contribution is 0.171. The minimum atomic E-state index is -1.47. The summed E-state index contributed by atoms with van der Waals surface area (Å²) in [4.78, 5) is 0. The van der Waals surface area contributed by atoms with Crippen LogP contribution in [0.25, 0.3) is 0 Å². The molecule has 1 fully saturated rings. The van der Waals surface area contributed by atoms with E-state index in [-0.39, 0.29) is 6.07 Å². The summed E-state index contributed by atoms with van der Waals surface area (Å²) in [5, 5.41) is 11.8. The average Bonchev–Trinajstić information content (AvgIpc) is 2.68. The highest BCUT2D eigenvalue weighted by Gasteiger charge is 2.28. The van der Waals surface area contributed by atoms with Gasteiger partial charge in [0.05, 0.1) is 12.1 Å². The Bertz CT molecular complexity index is 412. The summed E-state index contributed by atoms with van der Waals surface area (Å²) in [5.74, 6) is -5.86. The third kappa shape index (κ3) is 2.22. The summed E-state index contributed by atoms with van der Waals surface area (Å²) in [5.41, 5.74) is -0.853. The van der Waals surface area contributed by atoms with Gasteiger partial charge in [-0.3, -0.25) is 0 Å². The van der Waals surface area contributed by atoms with Gasteiger partial charge in [-0.2, -0.15) is 0 Å². The SMILES string of the molecule is O[C@H]1CCC[C@@H]1Nc1c(F)c(F)cc(F)c1F. The van der Waals surface area contributed by atoms with Crippen molar-refractivity contribution in [2.75, 3.05) is 5.32 Å². The second-order valence-electron chi connectivity index (χ2n) is 4.09. The molecule has 6 heteroatoms. The summed E-state index contributed by atoms with van der Waals surface area (Å²) >= 11 is 0. The van der Waals surface area contributed by atoms with Crippen molar-refractivity contribution in [3.63, 3.8) is 0 Å². The Morgan fingerprint density at radius 3 is 2.12 bits per heavy atom. The Hall–Kier alpha value is -1.30. The summed E-state index contributed by atoms with van der Waals surface area (Å²) in [6.45, 7) is 0. The number of nitrogens with one attached hydrogen (secondary N) is 1. The highest BCUT2D eigenvalue weighted by atomic mass is 19.2. The third-order valence-corrected chi connectivity index (χ3v) is 2.92. The highest BCUT2D eigenvalue weighted by Crippen LogP contribution is 2.28. The first-order valence-corrected chi connectivity index (χ1v) is 5.28. The van der Waals surface area contributed by atoms with Crippen LogP contribution in [-0.2, 0) is 0 Å². The van der Waals surface area contributed by atoms with E-state index in [1.54, 1.807) is 0 Å². The lowest BCUT2D eigenvalue weighted by atomic mass is 10.2. The van der Waals surface area contributed by atoms with Crippen LogP contribution in [0.5, 0.6) is 0 Å². The first-order valence-electron chi connectivity index (χ1n) is 5.28. The van der Waals surface area contributed by atoms with Crippen LogP contribution in [0.1, 0.15) is 19.3 Å². The molecule has 2 N–H and O–H groups in total. The van der Waals surface area contributed by atoms with Crippen LogP contribution in [-0.4, -0.2) is 17.3 Å². The number of anilines is 1. The molecule has 17 heavy (non-hydrogen) atoms. The fraction of sp³-hybridized carbons (Fsp3) is 0.455. The van der Waals surface area contributed by atoms with Crippen molar-refractivity contribution in [1.82, 2.24) is 0 Å². The first-order chi connectivity index (χ1) is 8.00. The molecule has 0 aliphatic heterocycles. The maximum Gasteiger partial charge on any atom is 0.185 e. The van der Waals surface area contributed by atoms with Crippen molar-refractivity contribution in [2.45, 2.75) is 31.4 Å². The molecular formula is C11H11F4NO. The van der Waals surface area contributed by atoms with Crippen molar-refractivity contribution in [3.8, 4) is 0 Å². The van der Waals surface area contributed by atoms with Gasteiger partial charge in [0.25, 0.3) is 0 Å². The van der Waals surface area contributed by atoms with Gasteiger partial charge in [-0.05, 0) is 19.3 Å². The molecule has 1 aromatic rings. The molecular weight excluding hydrogens is 238 g/mol. The number of hydrogen-bond acceptors (Lipinski definition) is 2. The molecule has 0 amide bonds. The zero-order valence-corrected chi connectivity index (χ0v) is 8.81. The zero-order valence-electron chi connectivity index (χ0n) is 8.81. The van der Waals surface area contributed by atoms with Crippen molar-refractivity contribution in [1.29, 1.82) is 0 Å². The van der Waals surface area contributed by atoms with Gasteiger partial charge in [-0.25, -0.2) is 17.6 Å². The van der Waals surface area contributed by atoms with E-state index in [4.69, 9.17) is 0 Å². The van der Waals surface area contributed by atoms with Gasteiger partial charge in [0.2, 0.25) is 0 Å². The molecule has 0 heterocycles. The molecule has 94 valence electrons. The van der Waals surface area contributed by atoms with E-state index >= 15 is 0 Å². The van der Waals surface area contributed by atoms with E-state index in [9.17, 15) is 22.7 Å². The molecule has 1 saturated carbocycles. The van der Waals surface area contributed by atoms with Gasteiger partial charge in [-0.1, -0.05) is 0 Å². The zero-order chi connectivity index (χ0) is 12.6. The number of benzene rings is 1. The van der Waals surface area contributed by atoms with Crippen LogP contribution < -0.4 is 5.32 Å². The largest absolute Gasteiger partial charge is 0.391 e. The quantitative estimate of drug-likeness (QED) is 0.623. The van der Waals surface area contributed by atoms with Gasteiger partial charge in [0.15, 0.2) is 23.3 Å². The number of rotatable bonds is 2. The number of halogens is 4. The van der Waals surface area contributed by atoms with E-state index in [0.29, 0.717) is 19.3 Å². The molecule has 2 nitrogen and oxygen atoms in total. The third-order valence-electron chi connectivity index (χ3n) is 2.92. The lowest BCUT2D eigenvalue weighted by Crippen LogP contribution is -2.29. The maximum atomic E-state index is 13.3. The van der Waals surface area contributed by atoms with Crippen LogP contribution >= 0.6 is 0 Å². The predicted octanol–water partition coefficient (Wildman–Crippen LogP) is 2.57. The van der Waals surface area contributed by atoms with Crippen molar-refractivity contribution in [2.24, 2.45) is 0 Å². The molecule has 0 aromatic heterocycles. The van der Waals surface area contributed by atoms with Gasteiger partial charge in [0, 0.05) is 6.07 Å². The van der Waals surface area contributed by atoms with Gasteiger partial charge < -0.3 is 10.4 Å². The molecule has 1 aliphatic rings. The first kappa shape index (κ1) is 12.2. The van der Waals surface area contributed by atoms with Crippen LogP contribution in [0.4, 0.5) is 23.2 Å². The molecule has 0 saturated heterocycles. The van der Waals surface area contributed by atoms with E-state index in [1.165, 1.54) is 0 Å². The Morgan fingerprint density at radius 1 is 1.06 bits per heavy atom. The average molecular weight is 249 g/mol. The fourth-order valence-corrected chi connectivity index (χ4v) is 1.99. The summed E-state index contributed by atoms with van der Waals surface area (Å²) in [7, 11) is 0. The Balaban J connectivity index is 2.31. The predicted molar refractivity (Wildman–Crippen MR) is 53.5 cm³/mol. The summed E-state index contributed by atoms with van der Waals surface area (Å²) in [6.07, 6.45) is 0.927. The van der Waals surface area contributed by atoms with Gasteiger partial charge >= 0.3 is 0 Å². The molecule has 1 aliphatic carbocycles. The Morgan fingerprint density at radius 2 is 1.65 bits per heavy atom. The Kier molecular flexibility index (Phi) is 3.24. The second kappa shape index (κ2) is 4.52. The number of hydrogen-bond donors (Lipinski definition) is 2. The van der Waals surface area contributed by atoms with E-state index in [2.05, 4.69) is 5.32 Å². The highest BCUT2D eigenvalue weighted by molar-refractivity contribution is 5.48. The van der Waals surface area contributed by atoms with E-state index < -0.39 is 41.1 Å². The maximum absolute atomic E-state index is 13.3. The van der Waals surface area contributed by atoms with Crippen LogP contribution in [0, 0.1) is 23.3 Å². The monoisotopic (exact) mass is 249 g/mol. The normalized spacial score (nSPS) is 24.1. The second-order valence-corrected chi connectivity index (χ2v) is 4.09. The molecule has 2 rings (SSSR count). The molecule has 2 atom stereocenters. The minimum absolute atomic E-state index is 0.154. The van der Waals surface area contributed by atoms with Crippen molar-refractivity contribution in [3.05, 3.63) is 29.3 Å². The summed E-state index contributed by atoms with van der Waals surface area (Å²) in [6, 6.07) is -0.429. The fourth-order valence-electron chi connectivity index (χ4n) is 1.99. The molecule has 0 bridgehead atoms. The van der Waals surface area contributed by atoms with E-state index in [1.807, 2.05) is 0 Å². The van der Waals surface area contributed by atoms with Crippen LogP contribution in [0.15, 0.2) is 6.07 Å². The number of aliphatic hydroxyl groups is 1. The smallest absolute Gasteiger partial charge is 0.185 e. The summed E-state index contributed by atoms with van der Waals surface area (Å²) < 4.78 is 52.4. The van der Waals surface area contributed by atoms with Crippen LogP contribution in [0.2, 0.25) is 0 Å². The van der Waals surface area contributed by atoms with Gasteiger partial charge in [-0.15, -0.1) is 0 Å². The van der Waals surface area contributed by atoms with Gasteiger partial charge in [0.1, 0.15) is 5.69 Å². The molecule has 1 aromatic carbocycles. The molecule has 0 unspecified atom stereocenters. The van der Waals surface area contributed by atoms with Crippen LogP contribution in [0.3, 0.4) is 0 Å². The molecule has 0 spiro atoms. The topological polar surface area (TPSA) is 32.3 Å².